The lowest BCUT2D eigenvalue weighted by molar-refractivity contribution is -0.147. The first-order valence-electron chi connectivity index (χ1n) is 17.9. The molecule has 1 unspecified atom stereocenters. The van der Waals surface area contributed by atoms with Gasteiger partial charge in [0.15, 0.2) is 5.78 Å². The largest absolute Gasteiger partial charge is 0.481 e. The van der Waals surface area contributed by atoms with Crippen LogP contribution in [0.25, 0.3) is 0 Å². The number of para-hydroxylation sites is 1. The number of carboxylic acid groups (broad SMARTS) is 2. The number of carboxylic acids is 2. The van der Waals surface area contributed by atoms with E-state index in [2.05, 4.69) is 16.0 Å². The van der Waals surface area contributed by atoms with Gasteiger partial charge >= 0.3 is 18.0 Å². The average Bonchev–Trinajstić information content (AvgIpc) is 3.61. The number of ketones is 1. The predicted molar refractivity (Wildman–Crippen MR) is 198 cm³/mol. The molecular weight excluding hydrogens is 700 g/mol. The quantitative estimate of drug-likeness (QED) is 0.123. The molecule has 1 aliphatic rings. The molecule has 7 N–H and O–H groups in total. The van der Waals surface area contributed by atoms with Crippen molar-refractivity contribution >= 4 is 58.8 Å². The highest BCUT2D eigenvalue weighted by atomic mass is 16.4. The summed E-state index contributed by atoms with van der Waals surface area (Å²) in [7, 11) is 1.45. The summed E-state index contributed by atoms with van der Waals surface area (Å²) < 4.78 is 0. The summed E-state index contributed by atoms with van der Waals surface area (Å²) in [5.41, 5.74) is 8.08. The molecule has 16 heteroatoms. The van der Waals surface area contributed by atoms with Crippen molar-refractivity contribution in [1.29, 1.82) is 0 Å². The molecule has 0 saturated carbocycles. The number of primary amides is 1. The third-order valence-electron chi connectivity index (χ3n) is 9.66. The Hall–Kier alpha value is -5.80. The van der Waals surface area contributed by atoms with Crippen molar-refractivity contribution in [3.05, 3.63) is 59.7 Å². The average molecular weight is 751 g/mol. The van der Waals surface area contributed by atoms with E-state index in [0.29, 0.717) is 36.2 Å². The first kappa shape index (κ1) is 42.6. The summed E-state index contributed by atoms with van der Waals surface area (Å²) in [5.74, 6) is -7.83. The molecule has 1 heterocycles. The Morgan fingerprint density at radius 3 is 2.20 bits per heavy atom. The minimum absolute atomic E-state index is 0.102. The molecule has 16 nitrogen and oxygen atoms in total. The lowest BCUT2D eigenvalue weighted by Crippen LogP contribution is -2.55. The van der Waals surface area contributed by atoms with E-state index in [-0.39, 0.29) is 19.4 Å². The zero-order valence-electron chi connectivity index (χ0n) is 31.0. The summed E-state index contributed by atoms with van der Waals surface area (Å²) in [4.78, 5) is 104. The minimum Gasteiger partial charge on any atom is -0.481 e. The van der Waals surface area contributed by atoms with Crippen LogP contribution in [0.2, 0.25) is 0 Å². The molecule has 1 fully saturated rings. The van der Waals surface area contributed by atoms with Gasteiger partial charge in [-0.25, -0.2) is 4.79 Å². The molecule has 2 aromatic rings. The second-order valence-corrected chi connectivity index (χ2v) is 13.7. The van der Waals surface area contributed by atoms with Crippen molar-refractivity contribution in [1.82, 2.24) is 15.1 Å². The number of amides is 6. The maximum absolute atomic E-state index is 13.9. The third-order valence-corrected chi connectivity index (χ3v) is 9.66. The van der Waals surface area contributed by atoms with E-state index in [1.807, 2.05) is 26.0 Å². The number of rotatable bonds is 19. The van der Waals surface area contributed by atoms with Crippen molar-refractivity contribution in [2.75, 3.05) is 24.2 Å². The molecule has 6 amide bonds. The molecule has 0 aromatic heterocycles. The number of hydrogen-bond donors (Lipinski definition) is 6. The topological polar surface area (TPSA) is 246 Å². The summed E-state index contributed by atoms with van der Waals surface area (Å²) in [6.45, 7) is 5.59. The van der Waals surface area contributed by atoms with Crippen LogP contribution in [-0.2, 0) is 40.0 Å². The van der Waals surface area contributed by atoms with Crippen molar-refractivity contribution in [2.24, 2.45) is 17.6 Å². The lowest BCUT2D eigenvalue weighted by atomic mass is 9.91. The standard InChI is InChI=1S/C38H50N6O10/c1-5-22(2)34(43(4)31(46)19-24-12-14-26(15-13-24)40-38(54)42-27-10-7-6-9-23(27)3)36(52)41-28(16-17-32(47)48)30(45)20-25(21-33(49)50)37(53)44-18-8-11-29(44)35(39)51/h6-7,9-10,12-15,22,25,28-29,34H,5,8,11,16-21H2,1-4H3,(H2,39,51)(H,41,52)(H,47,48)(H,49,50)(H2,40,42,54)/t22?,25-,28-,29-,34-/m0/s1. The highest BCUT2D eigenvalue weighted by Crippen LogP contribution is 2.24. The number of nitrogens with one attached hydrogen (secondary N) is 3. The van der Waals surface area contributed by atoms with Gasteiger partial charge in [0.1, 0.15) is 12.1 Å². The van der Waals surface area contributed by atoms with Gasteiger partial charge in [-0.05, 0) is 61.4 Å². The Labute approximate surface area is 313 Å². The third kappa shape index (κ3) is 12.1. The van der Waals surface area contributed by atoms with Crippen LogP contribution in [0.4, 0.5) is 16.2 Å². The number of Topliss-reactive ketones (excluding diaryl/α,β-unsaturated/α-hetero) is 1. The van der Waals surface area contributed by atoms with E-state index >= 15 is 0 Å². The molecular formula is C38H50N6O10. The number of nitrogens with zero attached hydrogens (tertiary/aromatic N) is 2. The lowest BCUT2D eigenvalue weighted by Gasteiger charge is -2.33. The highest BCUT2D eigenvalue weighted by Gasteiger charge is 2.39. The molecule has 2 aromatic carbocycles. The van der Waals surface area contributed by atoms with E-state index in [0.717, 1.165) is 5.56 Å². The smallest absolute Gasteiger partial charge is 0.323 e. The Morgan fingerprint density at radius 1 is 0.944 bits per heavy atom. The molecule has 0 bridgehead atoms. The number of benzene rings is 2. The molecule has 3 rings (SSSR count). The van der Waals surface area contributed by atoms with Crippen LogP contribution >= 0.6 is 0 Å². The SMILES string of the molecule is CCC(C)[C@@H](C(=O)N[C@@H](CCC(=O)O)C(=O)C[C@@H](CC(=O)O)C(=O)N1CCC[C@H]1C(N)=O)N(C)C(=O)Cc1ccc(NC(=O)Nc2ccccc2C)cc1. The van der Waals surface area contributed by atoms with E-state index in [4.69, 9.17) is 5.73 Å². The fourth-order valence-corrected chi connectivity index (χ4v) is 6.44. The monoisotopic (exact) mass is 750 g/mol. The van der Waals surface area contributed by atoms with E-state index < -0.39 is 96.6 Å². The first-order valence-corrected chi connectivity index (χ1v) is 17.9. The number of carbonyl (C=O) groups is 8. The second-order valence-electron chi connectivity index (χ2n) is 13.7. The van der Waals surface area contributed by atoms with Gasteiger partial charge in [0, 0.05) is 37.8 Å². The van der Waals surface area contributed by atoms with Crippen LogP contribution in [0.15, 0.2) is 48.5 Å². The normalized spacial score (nSPS) is 15.9. The summed E-state index contributed by atoms with van der Waals surface area (Å²) >= 11 is 0. The maximum Gasteiger partial charge on any atom is 0.323 e. The van der Waals surface area contributed by atoms with Gasteiger partial charge in [-0.3, -0.25) is 33.6 Å². The summed E-state index contributed by atoms with van der Waals surface area (Å²) in [6.07, 6.45) is -1.14. The number of urea groups is 1. The molecule has 292 valence electrons. The Balaban J connectivity index is 1.73. The number of carbonyl (C=O) groups excluding carboxylic acids is 6. The van der Waals surface area contributed by atoms with Gasteiger partial charge in [-0.2, -0.15) is 0 Å². The van der Waals surface area contributed by atoms with E-state index in [1.54, 1.807) is 43.3 Å². The number of hydrogen-bond acceptors (Lipinski definition) is 8. The fourth-order valence-electron chi connectivity index (χ4n) is 6.44. The number of anilines is 2. The van der Waals surface area contributed by atoms with Crippen LogP contribution in [0, 0.1) is 18.8 Å². The van der Waals surface area contributed by atoms with Gasteiger partial charge in [0.25, 0.3) is 0 Å². The minimum atomic E-state index is -1.42. The van der Waals surface area contributed by atoms with Crippen molar-refractivity contribution in [2.45, 2.75) is 90.3 Å². The molecule has 0 radical (unpaired) electrons. The zero-order chi connectivity index (χ0) is 40.1. The summed E-state index contributed by atoms with van der Waals surface area (Å²) in [5, 5.41) is 27.0. The molecule has 54 heavy (non-hydrogen) atoms. The van der Waals surface area contributed by atoms with Crippen LogP contribution in [0.3, 0.4) is 0 Å². The molecule has 1 saturated heterocycles. The Morgan fingerprint density at radius 2 is 1.61 bits per heavy atom. The molecule has 1 aliphatic heterocycles. The number of likely N-dealkylation sites (tertiary alicyclic amines) is 1. The highest BCUT2D eigenvalue weighted by molar-refractivity contribution is 6.00. The summed E-state index contributed by atoms with van der Waals surface area (Å²) in [6, 6.07) is 10.0. The maximum atomic E-state index is 13.9. The Kier molecular flexibility index (Phi) is 15.7. The van der Waals surface area contributed by atoms with Crippen LogP contribution in [-0.4, -0.2) is 99.1 Å². The number of likely N-dealkylation sites (N-methyl/N-ethyl adjacent to an activating group) is 1. The fraction of sp³-hybridized carbons (Fsp3) is 0.474. The van der Waals surface area contributed by atoms with Crippen molar-refractivity contribution in [3.63, 3.8) is 0 Å². The second kappa shape index (κ2) is 19.9. The first-order chi connectivity index (χ1) is 25.5. The Bertz CT molecular complexity index is 1710. The van der Waals surface area contributed by atoms with Crippen LogP contribution in [0.1, 0.15) is 69.9 Å². The van der Waals surface area contributed by atoms with Crippen molar-refractivity contribution in [3.8, 4) is 0 Å². The van der Waals surface area contributed by atoms with Gasteiger partial charge in [0.05, 0.1) is 24.8 Å². The predicted octanol–water partition coefficient (Wildman–Crippen LogP) is 2.93. The number of aryl methyl sites for hydroxylation is 1. The van der Waals surface area contributed by atoms with E-state index in [9.17, 15) is 48.6 Å². The van der Waals surface area contributed by atoms with Gasteiger partial charge in [-0.15, -0.1) is 0 Å². The van der Waals surface area contributed by atoms with Gasteiger partial charge < -0.3 is 41.7 Å². The van der Waals surface area contributed by atoms with Crippen molar-refractivity contribution < 1.29 is 48.6 Å². The van der Waals surface area contributed by atoms with E-state index in [1.165, 1.54) is 16.8 Å². The molecule has 5 atom stereocenters. The van der Waals surface area contributed by atoms with Gasteiger partial charge in [0.2, 0.25) is 23.6 Å². The molecule has 0 spiro atoms. The van der Waals surface area contributed by atoms with Crippen LogP contribution < -0.4 is 21.7 Å². The van der Waals surface area contributed by atoms with Gasteiger partial charge in [-0.1, -0.05) is 50.6 Å². The zero-order valence-corrected chi connectivity index (χ0v) is 31.0. The number of nitrogens with two attached hydrogens (primary N) is 1. The van der Waals surface area contributed by atoms with Crippen LogP contribution in [0.5, 0.6) is 0 Å². The number of aliphatic carboxylic acids is 2. The molecule has 0 aliphatic carbocycles.